The number of sulfonamides is 1. The molecule has 0 aliphatic carbocycles. The van der Waals surface area contributed by atoms with Crippen LogP contribution >= 0.6 is 0 Å². The number of rotatable bonds is 7. The first-order chi connectivity index (χ1) is 15.9. The summed E-state index contributed by atoms with van der Waals surface area (Å²) in [4.78, 5) is 14.6. The number of ether oxygens (including phenoxy) is 3. The number of methoxy groups -OCH3 is 2. The van der Waals surface area contributed by atoms with Gasteiger partial charge in [-0.05, 0) is 36.4 Å². The number of amides is 1. The highest BCUT2D eigenvalue weighted by molar-refractivity contribution is 7.92. The SMILES string of the molecule is COc1cccc(CN2Cc3cc(NS(=O)(=O)c4ccccc4)ccc3OCC2=O)c1OC. The molecule has 9 heteroatoms. The maximum absolute atomic E-state index is 12.8. The normalized spacial score (nSPS) is 13.5. The summed E-state index contributed by atoms with van der Waals surface area (Å²) in [6.45, 7) is 0.409. The third kappa shape index (κ3) is 4.88. The van der Waals surface area contributed by atoms with Gasteiger partial charge in [0.1, 0.15) is 5.75 Å². The molecule has 172 valence electrons. The maximum Gasteiger partial charge on any atom is 0.261 e. The zero-order valence-corrected chi connectivity index (χ0v) is 19.1. The molecule has 0 aromatic heterocycles. The second kappa shape index (κ2) is 9.41. The number of carbonyl (C=O) groups is 1. The smallest absolute Gasteiger partial charge is 0.261 e. The van der Waals surface area contributed by atoms with Gasteiger partial charge in [-0.1, -0.05) is 30.3 Å². The first-order valence-corrected chi connectivity index (χ1v) is 11.7. The van der Waals surface area contributed by atoms with Crippen LogP contribution in [-0.2, 0) is 27.9 Å². The topological polar surface area (TPSA) is 94.2 Å². The average molecular weight is 469 g/mol. The minimum Gasteiger partial charge on any atom is -0.493 e. The van der Waals surface area contributed by atoms with Crippen molar-refractivity contribution in [2.75, 3.05) is 25.5 Å². The van der Waals surface area contributed by atoms with E-state index in [1.165, 1.54) is 12.1 Å². The van der Waals surface area contributed by atoms with E-state index in [2.05, 4.69) is 4.72 Å². The van der Waals surface area contributed by atoms with E-state index in [0.29, 0.717) is 28.5 Å². The predicted molar refractivity (Wildman–Crippen MR) is 123 cm³/mol. The lowest BCUT2D eigenvalue weighted by Gasteiger charge is -2.22. The van der Waals surface area contributed by atoms with Crippen LogP contribution in [-0.4, -0.2) is 40.1 Å². The molecule has 0 bridgehead atoms. The van der Waals surface area contributed by atoms with Gasteiger partial charge in [0.25, 0.3) is 15.9 Å². The Bertz CT molecular complexity index is 1260. The third-order valence-electron chi connectivity index (χ3n) is 5.28. The van der Waals surface area contributed by atoms with Gasteiger partial charge in [0.05, 0.1) is 19.1 Å². The molecule has 0 saturated heterocycles. The molecule has 8 nitrogen and oxygen atoms in total. The van der Waals surface area contributed by atoms with Crippen molar-refractivity contribution in [3.05, 3.63) is 77.9 Å². The Labute approximate surface area is 192 Å². The van der Waals surface area contributed by atoms with Gasteiger partial charge in [-0.15, -0.1) is 0 Å². The van der Waals surface area contributed by atoms with Crippen LogP contribution in [0.4, 0.5) is 5.69 Å². The molecule has 0 atom stereocenters. The third-order valence-corrected chi connectivity index (χ3v) is 6.67. The van der Waals surface area contributed by atoms with Gasteiger partial charge in [-0.2, -0.15) is 0 Å². The number of carbonyl (C=O) groups excluding carboxylic acids is 1. The summed E-state index contributed by atoms with van der Waals surface area (Å²) >= 11 is 0. The fourth-order valence-corrected chi connectivity index (χ4v) is 4.74. The Balaban J connectivity index is 1.60. The van der Waals surface area contributed by atoms with E-state index in [9.17, 15) is 13.2 Å². The molecule has 33 heavy (non-hydrogen) atoms. The Morgan fingerprint density at radius 3 is 2.52 bits per heavy atom. The lowest BCUT2D eigenvalue weighted by Crippen LogP contribution is -2.32. The number of anilines is 1. The second-order valence-corrected chi connectivity index (χ2v) is 9.11. The van der Waals surface area contributed by atoms with Gasteiger partial charge in [0.15, 0.2) is 18.1 Å². The molecular formula is C24H24N2O6S. The minimum atomic E-state index is -3.74. The van der Waals surface area contributed by atoms with Gasteiger partial charge < -0.3 is 19.1 Å². The Hall–Kier alpha value is -3.72. The zero-order valence-electron chi connectivity index (χ0n) is 18.3. The summed E-state index contributed by atoms with van der Waals surface area (Å²) in [6.07, 6.45) is 0. The number of fused-ring (bicyclic) bond motifs is 1. The molecule has 0 fully saturated rings. The maximum atomic E-state index is 12.8. The van der Waals surface area contributed by atoms with Crippen LogP contribution in [0.3, 0.4) is 0 Å². The molecule has 3 aromatic rings. The molecule has 1 heterocycles. The number of hydrogen-bond acceptors (Lipinski definition) is 6. The summed E-state index contributed by atoms with van der Waals surface area (Å²) in [5.41, 5.74) is 1.86. The molecule has 1 amide bonds. The average Bonchev–Trinajstić information content (AvgIpc) is 2.97. The Kier molecular flexibility index (Phi) is 6.41. The number of nitrogens with zero attached hydrogens (tertiary/aromatic N) is 1. The number of benzene rings is 3. The molecule has 4 rings (SSSR count). The molecule has 0 radical (unpaired) electrons. The van der Waals surface area contributed by atoms with Crippen molar-refractivity contribution >= 4 is 21.6 Å². The van der Waals surface area contributed by atoms with E-state index >= 15 is 0 Å². The fourth-order valence-electron chi connectivity index (χ4n) is 3.67. The van der Waals surface area contributed by atoms with Crippen LogP contribution in [0.5, 0.6) is 17.2 Å². The van der Waals surface area contributed by atoms with Crippen molar-refractivity contribution < 1.29 is 27.4 Å². The van der Waals surface area contributed by atoms with Crippen molar-refractivity contribution in [3.8, 4) is 17.2 Å². The summed E-state index contributed by atoms with van der Waals surface area (Å²) in [5.74, 6) is 1.47. The summed E-state index contributed by atoms with van der Waals surface area (Å²) < 4.78 is 44.5. The largest absolute Gasteiger partial charge is 0.493 e. The zero-order chi connectivity index (χ0) is 23.4. The molecule has 0 spiro atoms. The van der Waals surface area contributed by atoms with Crippen LogP contribution < -0.4 is 18.9 Å². The summed E-state index contributed by atoms with van der Waals surface area (Å²) in [6, 6.07) is 18.6. The van der Waals surface area contributed by atoms with E-state index in [1.807, 2.05) is 12.1 Å². The first-order valence-electron chi connectivity index (χ1n) is 10.2. The monoisotopic (exact) mass is 468 g/mol. The van der Waals surface area contributed by atoms with Crippen molar-refractivity contribution in [1.82, 2.24) is 4.90 Å². The van der Waals surface area contributed by atoms with E-state index in [4.69, 9.17) is 14.2 Å². The molecule has 1 aliphatic heterocycles. The van der Waals surface area contributed by atoms with Crippen molar-refractivity contribution in [1.29, 1.82) is 0 Å². The van der Waals surface area contributed by atoms with Gasteiger partial charge in [-0.3, -0.25) is 9.52 Å². The van der Waals surface area contributed by atoms with E-state index in [1.54, 1.807) is 61.6 Å². The van der Waals surface area contributed by atoms with Crippen molar-refractivity contribution in [2.24, 2.45) is 0 Å². The Morgan fingerprint density at radius 2 is 1.79 bits per heavy atom. The highest BCUT2D eigenvalue weighted by Crippen LogP contribution is 2.33. The van der Waals surface area contributed by atoms with Crippen molar-refractivity contribution in [3.63, 3.8) is 0 Å². The van der Waals surface area contributed by atoms with Gasteiger partial charge in [-0.25, -0.2) is 8.42 Å². The predicted octanol–water partition coefficient (Wildman–Crippen LogP) is 3.43. The van der Waals surface area contributed by atoms with Crippen LogP contribution in [0.2, 0.25) is 0 Å². The lowest BCUT2D eigenvalue weighted by molar-refractivity contribution is -0.133. The lowest BCUT2D eigenvalue weighted by atomic mass is 10.1. The highest BCUT2D eigenvalue weighted by Gasteiger charge is 2.24. The standard InChI is InChI=1S/C24H24N2O6S/c1-30-22-10-6-7-17(24(22)31-2)14-26-15-18-13-19(11-12-21(18)32-16-23(26)27)25-33(28,29)20-8-4-3-5-9-20/h3-13,25H,14-16H2,1-2H3. The van der Waals surface area contributed by atoms with Gasteiger partial charge in [0, 0.05) is 29.9 Å². The van der Waals surface area contributed by atoms with E-state index < -0.39 is 10.0 Å². The molecule has 1 N–H and O–H groups in total. The van der Waals surface area contributed by atoms with Crippen LogP contribution in [0.1, 0.15) is 11.1 Å². The van der Waals surface area contributed by atoms with Gasteiger partial charge in [0.2, 0.25) is 0 Å². The van der Waals surface area contributed by atoms with E-state index in [0.717, 1.165) is 5.56 Å². The second-order valence-electron chi connectivity index (χ2n) is 7.43. The Morgan fingerprint density at radius 1 is 1.00 bits per heavy atom. The van der Waals surface area contributed by atoms with Crippen molar-refractivity contribution in [2.45, 2.75) is 18.0 Å². The molecular weight excluding hydrogens is 444 g/mol. The highest BCUT2D eigenvalue weighted by atomic mass is 32.2. The van der Waals surface area contributed by atoms with Crippen LogP contribution in [0, 0.1) is 0 Å². The minimum absolute atomic E-state index is 0.117. The first kappa shape index (κ1) is 22.5. The van der Waals surface area contributed by atoms with Gasteiger partial charge >= 0.3 is 0 Å². The molecule has 1 aliphatic rings. The van der Waals surface area contributed by atoms with Crippen LogP contribution in [0.25, 0.3) is 0 Å². The van der Waals surface area contributed by atoms with Crippen LogP contribution in [0.15, 0.2) is 71.6 Å². The summed E-state index contributed by atoms with van der Waals surface area (Å²) in [7, 11) is -0.633. The van der Waals surface area contributed by atoms with E-state index in [-0.39, 0.29) is 30.5 Å². The quantitative estimate of drug-likeness (QED) is 0.571. The number of para-hydroxylation sites is 1. The number of nitrogens with one attached hydrogen (secondary N) is 1. The fraction of sp³-hybridized carbons (Fsp3) is 0.208. The molecule has 0 saturated carbocycles. The molecule has 3 aromatic carbocycles. The number of hydrogen-bond donors (Lipinski definition) is 1. The summed E-state index contributed by atoms with van der Waals surface area (Å²) in [5, 5.41) is 0. The molecule has 0 unspecified atom stereocenters.